The second-order valence-corrected chi connectivity index (χ2v) is 3.75. The third-order valence-corrected chi connectivity index (χ3v) is 2.25. The molecule has 0 fully saturated rings. The van der Waals surface area contributed by atoms with Crippen molar-refractivity contribution in [3.8, 4) is 11.5 Å². The maximum atomic E-state index is 13.6. The summed E-state index contributed by atoms with van der Waals surface area (Å²) in [6.07, 6.45) is 0. The second kappa shape index (κ2) is 5.70. The molecule has 0 aliphatic heterocycles. The summed E-state index contributed by atoms with van der Waals surface area (Å²) in [5, 5.41) is 8.64. The molecule has 16 heavy (non-hydrogen) atoms. The van der Waals surface area contributed by atoms with Crippen LogP contribution in [0, 0.1) is 5.82 Å². The average Bonchev–Trinajstić information content (AvgIpc) is 2.25. The van der Waals surface area contributed by atoms with Gasteiger partial charge in [0.05, 0.1) is 13.7 Å². The molecule has 0 saturated heterocycles. The van der Waals surface area contributed by atoms with Crippen molar-refractivity contribution in [3.05, 3.63) is 23.5 Å². The van der Waals surface area contributed by atoms with Gasteiger partial charge in [0.15, 0.2) is 11.5 Å². The van der Waals surface area contributed by atoms with Gasteiger partial charge in [0.1, 0.15) is 12.4 Å². The highest BCUT2D eigenvalue weighted by atomic mass is 19.1. The van der Waals surface area contributed by atoms with E-state index in [-0.39, 0.29) is 24.9 Å². The number of hydrogen-bond donors (Lipinski definition) is 1. The molecule has 1 aromatic carbocycles. The van der Waals surface area contributed by atoms with Gasteiger partial charge in [-0.2, -0.15) is 0 Å². The SMILES string of the molecule is COc1cc(C(C)C)c(F)cc1OCCO. The molecule has 1 aromatic rings. The molecule has 3 nitrogen and oxygen atoms in total. The van der Waals surface area contributed by atoms with Gasteiger partial charge < -0.3 is 14.6 Å². The van der Waals surface area contributed by atoms with Crippen LogP contribution in [0.5, 0.6) is 11.5 Å². The lowest BCUT2D eigenvalue weighted by Gasteiger charge is -2.14. The Morgan fingerprint density at radius 1 is 1.31 bits per heavy atom. The first-order valence-corrected chi connectivity index (χ1v) is 5.21. The van der Waals surface area contributed by atoms with E-state index in [1.807, 2.05) is 13.8 Å². The van der Waals surface area contributed by atoms with E-state index in [0.29, 0.717) is 17.1 Å². The first-order valence-electron chi connectivity index (χ1n) is 5.21. The minimum Gasteiger partial charge on any atom is -0.493 e. The summed E-state index contributed by atoms with van der Waals surface area (Å²) in [6.45, 7) is 3.83. The van der Waals surface area contributed by atoms with Crippen LogP contribution in [-0.2, 0) is 0 Å². The van der Waals surface area contributed by atoms with Crippen LogP contribution < -0.4 is 9.47 Å². The Balaban J connectivity index is 3.05. The van der Waals surface area contributed by atoms with Crippen molar-refractivity contribution in [2.75, 3.05) is 20.3 Å². The highest BCUT2D eigenvalue weighted by molar-refractivity contribution is 5.44. The first-order chi connectivity index (χ1) is 7.60. The van der Waals surface area contributed by atoms with Gasteiger partial charge in [-0.1, -0.05) is 13.8 Å². The fourth-order valence-electron chi connectivity index (χ4n) is 1.42. The van der Waals surface area contributed by atoms with E-state index in [2.05, 4.69) is 0 Å². The first kappa shape index (κ1) is 12.8. The van der Waals surface area contributed by atoms with Crippen LogP contribution in [0.2, 0.25) is 0 Å². The largest absolute Gasteiger partial charge is 0.493 e. The number of rotatable bonds is 5. The Bertz CT molecular complexity index is 350. The zero-order chi connectivity index (χ0) is 12.1. The maximum absolute atomic E-state index is 13.6. The number of benzene rings is 1. The molecule has 0 heterocycles. The van der Waals surface area contributed by atoms with E-state index >= 15 is 0 Å². The smallest absolute Gasteiger partial charge is 0.164 e. The Kier molecular flexibility index (Phi) is 4.55. The molecule has 0 radical (unpaired) electrons. The molecular weight excluding hydrogens is 211 g/mol. The third kappa shape index (κ3) is 2.85. The van der Waals surface area contributed by atoms with E-state index in [1.165, 1.54) is 13.2 Å². The molecule has 0 amide bonds. The molecular formula is C12H17FO3. The fraction of sp³-hybridized carbons (Fsp3) is 0.500. The number of methoxy groups -OCH3 is 1. The molecule has 0 unspecified atom stereocenters. The molecule has 90 valence electrons. The van der Waals surface area contributed by atoms with Gasteiger partial charge in [0, 0.05) is 6.07 Å². The Hall–Kier alpha value is -1.29. The normalized spacial score (nSPS) is 10.6. The van der Waals surface area contributed by atoms with Gasteiger partial charge in [-0.15, -0.1) is 0 Å². The molecule has 0 aliphatic carbocycles. The zero-order valence-corrected chi connectivity index (χ0v) is 9.79. The minimum atomic E-state index is -0.316. The lowest BCUT2D eigenvalue weighted by Crippen LogP contribution is -2.04. The van der Waals surface area contributed by atoms with E-state index in [4.69, 9.17) is 14.6 Å². The van der Waals surface area contributed by atoms with Crippen molar-refractivity contribution >= 4 is 0 Å². The molecule has 0 atom stereocenters. The summed E-state index contributed by atoms with van der Waals surface area (Å²) in [6, 6.07) is 2.93. The van der Waals surface area contributed by atoms with Crippen LogP contribution >= 0.6 is 0 Å². The molecule has 1 N–H and O–H groups in total. The zero-order valence-electron chi connectivity index (χ0n) is 9.79. The van der Waals surface area contributed by atoms with Gasteiger partial charge in [-0.3, -0.25) is 0 Å². The highest BCUT2D eigenvalue weighted by Gasteiger charge is 2.13. The summed E-state index contributed by atoms with van der Waals surface area (Å²) in [7, 11) is 1.50. The summed E-state index contributed by atoms with van der Waals surface area (Å²) in [5.41, 5.74) is 0.591. The fourth-order valence-corrected chi connectivity index (χ4v) is 1.42. The van der Waals surface area contributed by atoms with Crippen LogP contribution in [0.25, 0.3) is 0 Å². The van der Waals surface area contributed by atoms with Crippen molar-refractivity contribution in [2.45, 2.75) is 19.8 Å². The Morgan fingerprint density at radius 3 is 2.50 bits per heavy atom. The molecule has 0 aliphatic rings. The van der Waals surface area contributed by atoms with Crippen LogP contribution in [0.3, 0.4) is 0 Å². The van der Waals surface area contributed by atoms with Gasteiger partial charge in [0.25, 0.3) is 0 Å². The monoisotopic (exact) mass is 228 g/mol. The summed E-state index contributed by atoms with van der Waals surface area (Å²) >= 11 is 0. The summed E-state index contributed by atoms with van der Waals surface area (Å²) in [5.74, 6) is 0.571. The number of halogens is 1. The second-order valence-electron chi connectivity index (χ2n) is 3.75. The van der Waals surface area contributed by atoms with E-state index < -0.39 is 0 Å². The van der Waals surface area contributed by atoms with Crippen molar-refractivity contribution in [2.24, 2.45) is 0 Å². The van der Waals surface area contributed by atoms with E-state index in [0.717, 1.165) is 0 Å². The van der Waals surface area contributed by atoms with E-state index in [1.54, 1.807) is 6.07 Å². The third-order valence-electron chi connectivity index (χ3n) is 2.25. The maximum Gasteiger partial charge on any atom is 0.164 e. The van der Waals surface area contributed by atoms with Crippen molar-refractivity contribution in [1.29, 1.82) is 0 Å². The van der Waals surface area contributed by atoms with Crippen LogP contribution in [-0.4, -0.2) is 25.4 Å². The summed E-state index contributed by atoms with van der Waals surface area (Å²) < 4.78 is 23.9. The van der Waals surface area contributed by atoms with Gasteiger partial charge in [-0.05, 0) is 17.5 Å². The van der Waals surface area contributed by atoms with Crippen molar-refractivity contribution in [1.82, 2.24) is 0 Å². The average molecular weight is 228 g/mol. The lowest BCUT2D eigenvalue weighted by atomic mass is 10.0. The van der Waals surface area contributed by atoms with Gasteiger partial charge >= 0.3 is 0 Å². The highest BCUT2D eigenvalue weighted by Crippen LogP contribution is 2.33. The molecule has 1 rings (SSSR count). The van der Waals surface area contributed by atoms with Crippen LogP contribution in [0.1, 0.15) is 25.3 Å². The molecule has 0 saturated carbocycles. The predicted molar refractivity (Wildman–Crippen MR) is 59.6 cm³/mol. The molecule has 0 aromatic heterocycles. The van der Waals surface area contributed by atoms with Crippen LogP contribution in [0.4, 0.5) is 4.39 Å². The topological polar surface area (TPSA) is 38.7 Å². The quantitative estimate of drug-likeness (QED) is 0.840. The standard InChI is InChI=1S/C12H17FO3/c1-8(2)9-6-11(15-3)12(7-10(9)13)16-5-4-14/h6-8,14H,4-5H2,1-3H3. The van der Waals surface area contributed by atoms with Crippen molar-refractivity contribution < 1.29 is 19.0 Å². The Labute approximate surface area is 94.8 Å². The summed E-state index contributed by atoms with van der Waals surface area (Å²) in [4.78, 5) is 0. The number of ether oxygens (including phenoxy) is 2. The molecule has 4 heteroatoms. The van der Waals surface area contributed by atoms with Crippen molar-refractivity contribution in [3.63, 3.8) is 0 Å². The van der Waals surface area contributed by atoms with E-state index in [9.17, 15) is 4.39 Å². The Morgan fingerprint density at radius 2 is 2.00 bits per heavy atom. The predicted octanol–water partition coefficient (Wildman–Crippen LogP) is 2.33. The number of aliphatic hydroxyl groups is 1. The molecule has 0 spiro atoms. The van der Waals surface area contributed by atoms with Gasteiger partial charge in [0.2, 0.25) is 0 Å². The van der Waals surface area contributed by atoms with Crippen LogP contribution in [0.15, 0.2) is 12.1 Å². The lowest BCUT2D eigenvalue weighted by molar-refractivity contribution is 0.196. The number of aliphatic hydroxyl groups excluding tert-OH is 1. The minimum absolute atomic E-state index is 0.0841. The molecule has 0 bridgehead atoms. The van der Waals surface area contributed by atoms with Gasteiger partial charge in [-0.25, -0.2) is 4.39 Å². The number of hydrogen-bond acceptors (Lipinski definition) is 3.